The second kappa shape index (κ2) is 8.12. The van der Waals surface area contributed by atoms with Gasteiger partial charge in [0.25, 0.3) is 5.91 Å². The summed E-state index contributed by atoms with van der Waals surface area (Å²) in [6, 6.07) is 23.4. The molecule has 0 aliphatic heterocycles. The fraction of sp³-hybridized carbons (Fsp3) is 0.0909. The molecule has 0 fully saturated rings. The zero-order valence-electron chi connectivity index (χ0n) is 14.4. The molecule has 0 atom stereocenters. The zero-order chi connectivity index (χ0) is 18.4. The highest BCUT2D eigenvalue weighted by Crippen LogP contribution is 2.15. The van der Waals surface area contributed by atoms with Crippen LogP contribution in [-0.4, -0.2) is 18.3 Å². The topological polar surface area (TPSA) is 55.4 Å². The molecular weight excluding hydrogens is 326 g/mol. The average molecular weight is 345 g/mol. The van der Waals surface area contributed by atoms with Crippen molar-refractivity contribution in [1.29, 1.82) is 0 Å². The maximum absolute atomic E-state index is 12.4. The molecule has 130 valence electrons. The minimum Gasteiger partial charge on any atom is -0.484 e. The van der Waals surface area contributed by atoms with E-state index >= 15 is 0 Å². The molecule has 4 nitrogen and oxygen atoms in total. The van der Waals surface area contributed by atoms with Gasteiger partial charge in [-0.15, -0.1) is 0 Å². The highest BCUT2D eigenvalue weighted by molar-refractivity contribution is 6.09. The molecule has 1 N–H and O–H groups in total. The quantitative estimate of drug-likeness (QED) is 0.680. The van der Waals surface area contributed by atoms with Crippen molar-refractivity contribution >= 4 is 17.4 Å². The second-order valence-corrected chi connectivity index (χ2v) is 5.93. The number of carbonyl (C=O) groups excluding carboxylic acids is 2. The van der Waals surface area contributed by atoms with Crippen LogP contribution in [0.4, 0.5) is 5.69 Å². The van der Waals surface area contributed by atoms with Crippen LogP contribution in [0.15, 0.2) is 78.9 Å². The van der Waals surface area contributed by atoms with E-state index in [0.717, 1.165) is 5.56 Å². The first-order valence-electron chi connectivity index (χ1n) is 8.31. The summed E-state index contributed by atoms with van der Waals surface area (Å²) in [6.45, 7) is 1.89. The van der Waals surface area contributed by atoms with Crippen molar-refractivity contribution in [2.45, 2.75) is 6.92 Å². The monoisotopic (exact) mass is 345 g/mol. The maximum atomic E-state index is 12.4. The van der Waals surface area contributed by atoms with Gasteiger partial charge in [0, 0.05) is 16.8 Å². The molecular formula is C22H19NO3. The van der Waals surface area contributed by atoms with Crippen LogP contribution in [0.5, 0.6) is 5.75 Å². The van der Waals surface area contributed by atoms with E-state index < -0.39 is 0 Å². The van der Waals surface area contributed by atoms with E-state index in [4.69, 9.17) is 4.74 Å². The van der Waals surface area contributed by atoms with Gasteiger partial charge in [-0.25, -0.2) is 0 Å². The lowest BCUT2D eigenvalue weighted by Gasteiger charge is -2.08. The van der Waals surface area contributed by atoms with Crippen molar-refractivity contribution in [2.75, 3.05) is 11.9 Å². The third kappa shape index (κ3) is 4.57. The number of benzene rings is 3. The van der Waals surface area contributed by atoms with E-state index in [1.54, 1.807) is 36.4 Å². The average Bonchev–Trinajstić information content (AvgIpc) is 2.67. The number of amides is 1. The summed E-state index contributed by atoms with van der Waals surface area (Å²) in [5.74, 6) is 0.351. The largest absolute Gasteiger partial charge is 0.484 e. The number of rotatable bonds is 6. The van der Waals surface area contributed by atoms with Crippen molar-refractivity contribution in [3.8, 4) is 5.75 Å². The molecule has 1 amide bonds. The molecule has 0 bridgehead atoms. The van der Waals surface area contributed by atoms with Crippen LogP contribution in [0.2, 0.25) is 0 Å². The van der Waals surface area contributed by atoms with Gasteiger partial charge >= 0.3 is 0 Å². The predicted octanol–water partition coefficient (Wildman–Crippen LogP) is 4.24. The number of hydrogen-bond acceptors (Lipinski definition) is 3. The first kappa shape index (κ1) is 17.4. The summed E-state index contributed by atoms with van der Waals surface area (Å²) in [5, 5.41) is 2.76. The molecule has 3 aromatic rings. The SMILES string of the molecule is Cc1cccc(OCC(=O)Nc2ccc(C(=O)c3ccccc3)cc2)c1. The summed E-state index contributed by atoms with van der Waals surface area (Å²) < 4.78 is 5.47. The molecule has 0 spiro atoms. The van der Waals surface area contributed by atoms with E-state index in [2.05, 4.69) is 5.32 Å². The Bertz CT molecular complexity index is 902. The molecule has 4 heteroatoms. The van der Waals surface area contributed by atoms with Crippen molar-refractivity contribution in [3.63, 3.8) is 0 Å². The Morgan fingerprint density at radius 3 is 2.23 bits per heavy atom. The van der Waals surface area contributed by atoms with Gasteiger partial charge in [0.2, 0.25) is 0 Å². The number of ketones is 1. The fourth-order valence-corrected chi connectivity index (χ4v) is 2.51. The Hall–Kier alpha value is -3.40. The number of nitrogens with one attached hydrogen (secondary N) is 1. The summed E-state index contributed by atoms with van der Waals surface area (Å²) >= 11 is 0. The Balaban J connectivity index is 1.57. The number of hydrogen-bond donors (Lipinski definition) is 1. The van der Waals surface area contributed by atoms with E-state index in [1.807, 2.05) is 49.4 Å². The molecule has 0 aliphatic rings. The third-order valence-electron chi connectivity index (χ3n) is 3.83. The molecule has 26 heavy (non-hydrogen) atoms. The van der Waals surface area contributed by atoms with Crippen molar-refractivity contribution in [1.82, 2.24) is 0 Å². The Labute approximate surface area is 152 Å². The van der Waals surface area contributed by atoms with E-state index in [9.17, 15) is 9.59 Å². The second-order valence-electron chi connectivity index (χ2n) is 5.93. The Kier molecular flexibility index (Phi) is 5.44. The molecule has 0 saturated carbocycles. The van der Waals surface area contributed by atoms with Crippen LogP contribution in [-0.2, 0) is 4.79 Å². The lowest BCUT2D eigenvalue weighted by molar-refractivity contribution is -0.118. The molecule has 3 aromatic carbocycles. The first-order valence-corrected chi connectivity index (χ1v) is 8.31. The highest BCUT2D eigenvalue weighted by Gasteiger charge is 2.09. The molecule has 0 radical (unpaired) electrons. The van der Waals surface area contributed by atoms with Crippen LogP contribution < -0.4 is 10.1 Å². The summed E-state index contributed by atoms with van der Waals surface area (Å²) in [4.78, 5) is 24.4. The molecule has 0 aliphatic carbocycles. The Morgan fingerprint density at radius 1 is 0.846 bits per heavy atom. The van der Waals surface area contributed by atoms with Crippen LogP contribution in [0.1, 0.15) is 21.5 Å². The number of aryl methyl sites for hydroxylation is 1. The van der Waals surface area contributed by atoms with Gasteiger partial charge in [-0.2, -0.15) is 0 Å². The van der Waals surface area contributed by atoms with Crippen molar-refractivity contribution in [3.05, 3.63) is 95.6 Å². The van der Waals surface area contributed by atoms with Crippen molar-refractivity contribution in [2.24, 2.45) is 0 Å². The number of carbonyl (C=O) groups is 2. The molecule has 0 unspecified atom stereocenters. The van der Waals surface area contributed by atoms with Crippen LogP contribution in [0, 0.1) is 6.92 Å². The molecule has 0 heterocycles. The molecule has 0 aromatic heterocycles. The van der Waals surface area contributed by atoms with Crippen LogP contribution in [0.3, 0.4) is 0 Å². The number of ether oxygens (including phenoxy) is 1. The van der Waals surface area contributed by atoms with E-state index in [0.29, 0.717) is 22.6 Å². The van der Waals surface area contributed by atoms with Gasteiger partial charge in [-0.05, 0) is 48.9 Å². The summed E-state index contributed by atoms with van der Waals surface area (Å²) in [5.41, 5.74) is 2.90. The van der Waals surface area contributed by atoms with Gasteiger partial charge in [0.05, 0.1) is 0 Å². The predicted molar refractivity (Wildman–Crippen MR) is 102 cm³/mol. The minimum atomic E-state index is -0.256. The summed E-state index contributed by atoms with van der Waals surface area (Å²) in [6.07, 6.45) is 0. The number of anilines is 1. The lowest BCUT2D eigenvalue weighted by atomic mass is 10.0. The van der Waals surface area contributed by atoms with Gasteiger partial charge in [-0.1, -0.05) is 42.5 Å². The maximum Gasteiger partial charge on any atom is 0.262 e. The first-order chi connectivity index (χ1) is 12.6. The smallest absolute Gasteiger partial charge is 0.262 e. The van der Waals surface area contributed by atoms with Crippen molar-refractivity contribution < 1.29 is 14.3 Å². The standard InChI is InChI=1S/C22H19NO3/c1-16-6-5-9-20(14-16)26-15-21(24)23-19-12-10-18(11-13-19)22(25)17-7-3-2-4-8-17/h2-14H,15H2,1H3,(H,23,24). The fourth-order valence-electron chi connectivity index (χ4n) is 2.51. The van der Waals surface area contributed by atoms with Gasteiger partial charge in [-0.3, -0.25) is 9.59 Å². The third-order valence-corrected chi connectivity index (χ3v) is 3.83. The highest BCUT2D eigenvalue weighted by atomic mass is 16.5. The van der Waals surface area contributed by atoms with Gasteiger partial charge in [0.1, 0.15) is 5.75 Å². The lowest BCUT2D eigenvalue weighted by Crippen LogP contribution is -2.20. The van der Waals surface area contributed by atoms with E-state index in [-0.39, 0.29) is 18.3 Å². The van der Waals surface area contributed by atoms with Crippen LogP contribution >= 0.6 is 0 Å². The normalized spacial score (nSPS) is 10.2. The van der Waals surface area contributed by atoms with Gasteiger partial charge < -0.3 is 10.1 Å². The molecule has 0 saturated heterocycles. The van der Waals surface area contributed by atoms with Gasteiger partial charge in [0.15, 0.2) is 12.4 Å². The van der Waals surface area contributed by atoms with Crippen LogP contribution in [0.25, 0.3) is 0 Å². The summed E-state index contributed by atoms with van der Waals surface area (Å²) in [7, 11) is 0. The zero-order valence-corrected chi connectivity index (χ0v) is 14.4. The molecule has 3 rings (SSSR count). The van der Waals surface area contributed by atoms with E-state index in [1.165, 1.54) is 0 Å². The minimum absolute atomic E-state index is 0.0498. The Morgan fingerprint density at radius 2 is 1.54 bits per heavy atom.